The smallest absolute Gasteiger partial charge is 0.407 e. The number of halogens is 3. The summed E-state index contributed by atoms with van der Waals surface area (Å²) in [7, 11) is 0. The van der Waals surface area contributed by atoms with Crippen molar-refractivity contribution in [2.45, 2.75) is 25.2 Å². The van der Waals surface area contributed by atoms with Crippen LogP contribution in [0, 0.1) is 11.6 Å². The van der Waals surface area contributed by atoms with E-state index in [2.05, 4.69) is 10.3 Å². The number of carbonyl (C=O) groups is 2. The maximum Gasteiger partial charge on any atom is 0.410 e. The summed E-state index contributed by atoms with van der Waals surface area (Å²) in [5.74, 6) is -3.92. The van der Waals surface area contributed by atoms with Crippen LogP contribution in [0.1, 0.15) is 17.5 Å². The highest BCUT2D eigenvalue weighted by Gasteiger charge is 2.48. The molecule has 0 saturated carbocycles. The van der Waals surface area contributed by atoms with Crippen LogP contribution in [0.15, 0.2) is 42.6 Å². The molecule has 3 N–H and O–H groups in total. The molecule has 0 aliphatic carbocycles. The van der Waals surface area contributed by atoms with Crippen molar-refractivity contribution in [1.29, 1.82) is 0 Å². The van der Waals surface area contributed by atoms with E-state index in [0.717, 1.165) is 22.5 Å². The Hall–Kier alpha value is -3.17. The first-order chi connectivity index (χ1) is 15.2. The lowest BCUT2D eigenvalue weighted by Crippen LogP contribution is -2.46. The van der Waals surface area contributed by atoms with Gasteiger partial charge < -0.3 is 25.0 Å². The van der Waals surface area contributed by atoms with Crippen molar-refractivity contribution >= 4 is 34.5 Å². The number of alkyl carbamates (subject to hydrolysis) is 1. The summed E-state index contributed by atoms with van der Waals surface area (Å²) in [5.41, 5.74) is 2.01. The highest BCUT2D eigenvalue weighted by molar-refractivity contribution is 6.30. The van der Waals surface area contributed by atoms with Gasteiger partial charge in [-0.05, 0) is 53.9 Å². The Morgan fingerprint density at radius 1 is 1.25 bits per heavy atom. The molecule has 1 aromatic heterocycles. The second kappa shape index (κ2) is 8.76. The number of aliphatic hydroxyl groups is 1. The second-order valence-electron chi connectivity index (χ2n) is 7.60. The maximum absolute atomic E-state index is 13.5. The van der Waals surface area contributed by atoms with E-state index in [9.17, 15) is 23.5 Å². The van der Waals surface area contributed by atoms with Gasteiger partial charge in [-0.2, -0.15) is 0 Å². The Balaban J connectivity index is 1.33. The molecule has 1 aliphatic heterocycles. The van der Waals surface area contributed by atoms with Gasteiger partial charge in [0.1, 0.15) is 11.6 Å². The summed E-state index contributed by atoms with van der Waals surface area (Å²) >= 11 is 5.77. The molecule has 1 unspecified atom stereocenters. The number of likely N-dealkylation sites (tertiary alicyclic amines) is 1. The first kappa shape index (κ1) is 22.0. The van der Waals surface area contributed by atoms with Crippen LogP contribution in [-0.2, 0) is 22.5 Å². The third-order valence-electron chi connectivity index (χ3n) is 5.34. The fourth-order valence-corrected chi connectivity index (χ4v) is 3.98. The summed E-state index contributed by atoms with van der Waals surface area (Å²) < 4.78 is 31.9. The summed E-state index contributed by atoms with van der Waals surface area (Å²) in [6.45, 7) is 0.359. The number of aromatic nitrogens is 1. The molecule has 1 atom stereocenters. The normalized spacial score (nSPS) is 18.4. The van der Waals surface area contributed by atoms with E-state index in [1.54, 1.807) is 12.3 Å². The molecular formula is C22H20ClF2N3O4. The van der Waals surface area contributed by atoms with E-state index in [1.807, 2.05) is 0 Å². The van der Waals surface area contributed by atoms with E-state index in [0.29, 0.717) is 12.0 Å². The van der Waals surface area contributed by atoms with E-state index in [-0.39, 0.29) is 36.9 Å². The first-order valence-electron chi connectivity index (χ1n) is 9.92. The highest BCUT2D eigenvalue weighted by Crippen LogP contribution is 2.26. The molecular weight excluding hydrogens is 444 g/mol. The molecule has 32 heavy (non-hydrogen) atoms. The molecule has 2 amide bonds. The Morgan fingerprint density at radius 2 is 2.06 bits per heavy atom. The number of benzene rings is 2. The van der Waals surface area contributed by atoms with Crippen LogP contribution in [0.25, 0.3) is 10.9 Å². The molecule has 2 aromatic carbocycles. The minimum absolute atomic E-state index is 0.0897. The van der Waals surface area contributed by atoms with Crippen molar-refractivity contribution in [2.24, 2.45) is 0 Å². The van der Waals surface area contributed by atoms with Gasteiger partial charge in [0.15, 0.2) is 0 Å². The number of hydrogen-bond acceptors (Lipinski definition) is 4. The molecule has 168 valence electrons. The number of carbonyl (C=O) groups excluding carboxylic acids is 2. The lowest BCUT2D eigenvalue weighted by Gasteiger charge is -2.22. The minimum Gasteiger partial charge on any atom is -0.407 e. The number of amides is 2. The van der Waals surface area contributed by atoms with Crippen molar-refractivity contribution in [3.63, 3.8) is 0 Å². The molecule has 1 saturated heterocycles. The van der Waals surface area contributed by atoms with Gasteiger partial charge in [0.25, 0.3) is 11.7 Å². The van der Waals surface area contributed by atoms with Crippen molar-refractivity contribution in [1.82, 2.24) is 15.2 Å². The zero-order valence-electron chi connectivity index (χ0n) is 16.8. The third-order valence-corrected chi connectivity index (χ3v) is 5.56. The monoisotopic (exact) mass is 463 g/mol. The molecule has 10 heteroatoms. The van der Waals surface area contributed by atoms with Gasteiger partial charge in [0.2, 0.25) is 0 Å². The van der Waals surface area contributed by atoms with Crippen LogP contribution in [-0.4, -0.2) is 45.9 Å². The molecule has 0 spiro atoms. The SMILES string of the molecule is O=C(NCc1cc(F)cc(Cl)c1)OC1(O)CCN(CCc2c[nH]c3ccc(F)cc23)C1=O. The second-order valence-corrected chi connectivity index (χ2v) is 8.04. The summed E-state index contributed by atoms with van der Waals surface area (Å²) in [5, 5.41) is 13.8. The number of H-pyrrole nitrogens is 1. The van der Waals surface area contributed by atoms with Gasteiger partial charge >= 0.3 is 6.09 Å². The molecule has 1 aliphatic rings. The topological polar surface area (TPSA) is 94.7 Å². The Kier molecular flexibility index (Phi) is 6.03. The number of nitrogens with zero attached hydrogens (tertiary/aromatic N) is 1. The van der Waals surface area contributed by atoms with Crippen molar-refractivity contribution in [2.75, 3.05) is 13.1 Å². The fourth-order valence-electron chi connectivity index (χ4n) is 3.74. The maximum atomic E-state index is 13.5. The van der Waals surface area contributed by atoms with Crippen LogP contribution in [0.5, 0.6) is 0 Å². The molecule has 2 heterocycles. The van der Waals surface area contributed by atoms with Crippen molar-refractivity contribution in [3.05, 3.63) is 70.4 Å². The standard InChI is InChI=1S/C22H20ClF2N3O4/c23-15-7-13(8-17(25)9-15)11-27-21(30)32-22(31)4-6-28(20(22)29)5-3-14-12-26-19-2-1-16(24)10-18(14)19/h1-2,7-10,12,26,31H,3-6,11H2,(H,27,30). The molecule has 4 rings (SSSR count). The number of fused-ring (bicyclic) bond motifs is 1. The molecule has 1 fully saturated rings. The Labute approximate surface area is 186 Å². The summed E-state index contributed by atoms with van der Waals surface area (Å²) in [4.78, 5) is 29.2. The predicted octanol–water partition coefficient (Wildman–Crippen LogP) is 3.49. The van der Waals surface area contributed by atoms with Crippen LogP contribution in [0.4, 0.5) is 13.6 Å². The van der Waals surface area contributed by atoms with Gasteiger partial charge in [-0.15, -0.1) is 0 Å². The van der Waals surface area contributed by atoms with Gasteiger partial charge in [-0.3, -0.25) is 4.79 Å². The summed E-state index contributed by atoms with van der Waals surface area (Å²) in [6, 6.07) is 8.21. The zero-order valence-corrected chi connectivity index (χ0v) is 17.6. The van der Waals surface area contributed by atoms with Gasteiger partial charge in [-0.25, -0.2) is 13.6 Å². The van der Waals surface area contributed by atoms with Crippen LogP contribution >= 0.6 is 11.6 Å². The van der Waals surface area contributed by atoms with Crippen LogP contribution in [0.2, 0.25) is 5.02 Å². The number of aromatic amines is 1. The minimum atomic E-state index is -2.28. The quantitative estimate of drug-likeness (QED) is 0.488. The Morgan fingerprint density at radius 3 is 2.84 bits per heavy atom. The summed E-state index contributed by atoms with van der Waals surface area (Å²) in [6.07, 6.45) is 1.07. The van der Waals surface area contributed by atoms with E-state index >= 15 is 0 Å². The lowest BCUT2D eigenvalue weighted by molar-refractivity contribution is -0.182. The molecule has 7 nitrogen and oxygen atoms in total. The number of nitrogens with one attached hydrogen (secondary N) is 2. The first-order valence-corrected chi connectivity index (χ1v) is 10.3. The lowest BCUT2D eigenvalue weighted by atomic mass is 10.1. The Bertz CT molecular complexity index is 1160. The van der Waals surface area contributed by atoms with E-state index < -0.39 is 23.6 Å². The molecule has 0 bridgehead atoms. The number of hydrogen-bond donors (Lipinski definition) is 3. The third kappa shape index (κ3) is 4.68. The predicted molar refractivity (Wildman–Crippen MR) is 113 cm³/mol. The van der Waals surface area contributed by atoms with Crippen LogP contribution < -0.4 is 5.32 Å². The molecule has 0 radical (unpaired) electrons. The van der Waals surface area contributed by atoms with Gasteiger partial charge in [0.05, 0.1) is 0 Å². The van der Waals surface area contributed by atoms with Gasteiger partial charge in [0, 0.05) is 48.2 Å². The zero-order chi connectivity index (χ0) is 22.9. The van der Waals surface area contributed by atoms with E-state index in [1.165, 1.54) is 29.2 Å². The molecule has 3 aromatic rings. The number of rotatable bonds is 6. The van der Waals surface area contributed by atoms with Crippen molar-refractivity contribution < 1.29 is 28.2 Å². The number of ether oxygens (including phenoxy) is 1. The van der Waals surface area contributed by atoms with Gasteiger partial charge in [-0.1, -0.05) is 11.6 Å². The van der Waals surface area contributed by atoms with Crippen molar-refractivity contribution in [3.8, 4) is 0 Å². The largest absolute Gasteiger partial charge is 0.410 e. The van der Waals surface area contributed by atoms with E-state index in [4.69, 9.17) is 16.3 Å². The average molecular weight is 464 g/mol. The average Bonchev–Trinajstić information content (AvgIpc) is 3.25. The fraction of sp³-hybridized carbons (Fsp3) is 0.273. The van der Waals surface area contributed by atoms with Crippen LogP contribution in [0.3, 0.4) is 0 Å². The highest BCUT2D eigenvalue weighted by atomic mass is 35.5.